The van der Waals surface area contributed by atoms with Crippen molar-refractivity contribution >= 4 is 17.3 Å². The van der Waals surface area contributed by atoms with Crippen LogP contribution in [-0.2, 0) is 14.4 Å². The Morgan fingerprint density at radius 3 is 2.00 bits per heavy atom. The van der Waals surface area contributed by atoms with Gasteiger partial charge in [-0.3, -0.25) is 14.4 Å². The highest BCUT2D eigenvalue weighted by molar-refractivity contribution is 6.21. The first kappa shape index (κ1) is 16.6. The zero-order valence-corrected chi connectivity index (χ0v) is 13.9. The zero-order chi connectivity index (χ0) is 16.4. The lowest BCUT2D eigenvalue weighted by Crippen LogP contribution is -2.38. The van der Waals surface area contributed by atoms with Crippen LogP contribution in [-0.4, -0.2) is 17.3 Å². The van der Waals surface area contributed by atoms with Crippen LogP contribution in [0.15, 0.2) is 12.1 Å². The van der Waals surface area contributed by atoms with Gasteiger partial charge in [-0.15, -0.1) is 0 Å². The molecule has 0 saturated heterocycles. The highest BCUT2D eigenvalue weighted by Gasteiger charge is 2.40. The van der Waals surface area contributed by atoms with Crippen molar-refractivity contribution in [2.24, 2.45) is 5.92 Å². The minimum atomic E-state index is -0.998. The topological polar surface area (TPSA) is 51.2 Å². The van der Waals surface area contributed by atoms with Crippen LogP contribution in [0.3, 0.4) is 0 Å². The van der Waals surface area contributed by atoms with Crippen LogP contribution in [0.25, 0.3) is 0 Å². The van der Waals surface area contributed by atoms with Crippen LogP contribution in [0.5, 0.6) is 0 Å². The van der Waals surface area contributed by atoms with Gasteiger partial charge in [-0.2, -0.15) is 0 Å². The summed E-state index contributed by atoms with van der Waals surface area (Å²) in [5, 5.41) is 0. The Labute approximate surface area is 132 Å². The molecule has 3 heteroatoms. The van der Waals surface area contributed by atoms with E-state index in [4.69, 9.17) is 0 Å². The summed E-state index contributed by atoms with van der Waals surface area (Å²) in [4.78, 5) is 36.7. The summed E-state index contributed by atoms with van der Waals surface area (Å²) in [7, 11) is 0. The first-order chi connectivity index (χ1) is 10.3. The maximum Gasteiger partial charge on any atom is 0.151 e. The lowest BCUT2D eigenvalue weighted by molar-refractivity contribution is -0.142. The van der Waals surface area contributed by atoms with E-state index >= 15 is 0 Å². The van der Waals surface area contributed by atoms with Crippen molar-refractivity contribution in [3.63, 3.8) is 0 Å². The molecule has 0 unspecified atom stereocenters. The molecule has 0 heterocycles. The van der Waals surface area contributed by atoms with E-state index in [-0.39, 0.29) is 23.3 Å². The largest absolute Gasteiger partial charge is 0.298 e. The third-order valence-corrected chi connectivity index (χ3v) is 4.50. The van der Waals surface area contributed by atoms with Gasteiger partial charge in [0.15, 0.2) is 17.3 Å². The normalized spacial score (nSPS) is 22.0. The number of benzene rings is 1. The second-order valence-corrected chi connectivity index (χ2v) is 6.50. The van der Waals surface area contributed by atoms with Crippen molar-refractivity contribution < 1.29 is 14.4 Å². The van der Waals surface area contributed by atoms with Gasteiger partial charge >= 0.3 is 0 Å². The summed E-state index contributed by atoms with van der Waals surface area (Å²) in [6.07, 6.45) is 1.60. The summed E-state index contributed by atoms with van der Waals surface area (Å²) in [6, 6.07) is 4.18. The average Bonchev–Trinajstić information content (AvgIpc) is 2.36. The van der Waals surface area contributed by atoms with Gasteiger partial charge in [-0.25, -0.2) is 0 Å². The van der Waals surface area contributed by atoms with Crippen molar-refractivity contribution in [2.75, 3.05) is 0 Å². The Hall–Kier alpha value is -1.77. The molecular formula is C19H24O3. The highest BCUT2D eigenvalue weighted by Crippen LogP contribution is 2.36. The third-order valence-electron chi connectivity index (χ3n) is 4.50. The molecule has 1 aliphatic carbocycles. The Bertz CT molecular complexity index is 587. The monoisotopic (exact) mass is 300 g/mol. The molecule has 0 amide bonds. The SMILES string of the molecule is CCCC(=O)C1C(=O)CC(c2c(C)cc(C)cc2C)CC1=O. The number of carbonyl (C=O) groups excluding carboxylic acids is 3. The summed E-state index contributed by atoms with van der Waals surface area (Å²) in [5.74, 6) is -1.67. The van der Waals surface area contributed by atoms with Gasteiger partial charge < -0.3 is 0 Å². The first-order valence-corrected chi connectivity index (χ1v) is 8.01. The predicted octanol–water partition coefficient (Wildman–Crippen LogP) is 3.61. The third kappa shape index (κ3) is 3.18. The Morgan fingerprint density at radius 2 is 1.55 bits per heavy atom. The Balaban J connectivity index is 2.27. The molecule has 0 spiro atoms. The molecule has 1 aliphatic rings. The average molecular weight is 300 g/mol. The number of hydrogen-bond donors (Lipinski definition) is 0. The van der Waals surface area contributed by atoms with Gasteiger partial charge in [0.2, 0.25) is 0 Å². The van der Waals surface area contributed by atoms with Crippen LogP contribution >= 0.6 is 0 Å². The maximum atomic E-state index is 12.4. The standard InChI is InChI=1S/C19H24O3/c1-5-6-15(20)19-16(21)9-14(10-17(19)22)18-12(3)7-11(2)8-13(18)4/h7-8,14,19H,5-6,9-10H2,1-4H3. The smallest absolute Gasteiger partial charge is 0.151 e. The Kier molecular flexibility index (Phi) is 4.94. The van der Waals surface area contributed by atoms with Crippen molar-refractivity contribution in [3.05, 3.63) is 34.4 Å². The molecule has 0 aliphatic heterocycles. The van der Waals surface area contributed by atoms with Crippen molar-refractivity contribution in [2.45, 2.75) is 59.3 Å². The molecule has 0 bridgehead atoms. The van der Waals surface area contributed by atoms with Gasteiger partial charge in [-0.05, 0) is 49.8 Å². The molecule has 2 rings (SSSR count). The number of Topliss-reactive ketones (excluding diaryl/α,β-unsaturated/α-hetero) is 3. The fourth-order valence-electron chi connectivity index (χ4n) is 3.76. The van der Waals surface area contributed by atoms with E-state index in [2.05, 4.69) is 12.1 Å². The Morgan fingerprint density at radius 1 is 1.05 bits per heavy atom. The molecule has 0 N–H and O–H groups in total. The quantitative estimate of drug-likeness (QED) is 0.798. The van der Waals surface area contributed by atoms with E-state index in [1.54, 1.807) is 0 Å². The van der Waals surface area contributed by atoms with Crippen molar-refractivity contribution in [1.82, 2.24) is 0 Å². The molecule has 3 nitrogen and oxygen atoms in total. The van der Waals surface area contributed by atoms with Gasteiger partial charge in [0.25, 0.3) is 0 Å². The number of carbonyl (C=O) groups is 3. The predicted molar refractivity (Wildman–Crippen MR) is 86.0 cm³/mol. The summed E-state index contributed by atoms with van der Waals surface area (Å²) in [6.45, 7) is 7.98. The second kappa shape index (κ2) is 6.55. The zero-order valence-electron chi connectivity index (χ0n) is 13.9. The van der Waals surface area contributed by atoms with E-state index in [9.17, 15) is 14.4 Å². The first-order valence-electron chi connectivity index (χ1n) is 8.01. The summed E-state index contributed by atoms with van der Waals surface area (Å²) >= 11 is 0. The van der Waals surface area contributed by atoms with Gasteiger partial charge in [0.05, 0.1) is 0 Å². The van der Waals surface area contributed by atoms with E-state index < -0.39 is 5.92 Å². The van der Waals surface area contributed by atoms with Crippen LogP contribution in [0.1, 0.15) is 60.8 Å². The number of hydrogen-bond acceptors (Lipinski definition) is 3. The minimum Gasteiger partial charge on any atom is -0.298 e. The molecule has 0 radical (unpaired) electrons. The van der Waals surface area contributed by atoms with E-state index in [0.29, 0.717) is 25.7 Å². The number of aryl methyl sites for hydroxylation is 3. The summed E-state index contributed by atoms with van der Waals surface area (Å²) in [5.41, 5.74) is 4.54. The van der Waals surface area contributed by atoms with Crippen molar-refractivity contribution in [1.29, 1.82) is 0 Å². The van der Waals surface area contributed by atoms with E-state index in [1.807, 2.05) is 27.7 Å². The molecule has 1 aromatic carbocycles. The second-order valence-electron chi connectivity index (χ2n) is 6.50. The lowest BCUT2D eigenvalue weighted by atomic mass is 9.73. The number of rotatable bonds is 4. The molecule has 22 heavy (non-hydrogen) atoms. The lowest BCUT2D eigenvalue weighted by Gasteiger charge is -2.28. The number of ketones is 3. The fourth-order valence-corrected chi connectivity index (χ4v) is 3.76. The van der Waals surface area contributed by atoms with Crippen molar-refractivity contribution in [3.8, 4) is 0 Å². The fraction of sp³-hybridized carbons (Fsp3) is 0.526. The summed E-state index contributed by atoms with van der Waals surface area (Å²) < 4.78 is 0. The van der Waals surface area contributed by atoms with Gasteiger partial charge in [0, 0.05) is 19.3 Å². The molecular weight excluding hydrogens is 276 g/mol. The van der Waals surface area contributed by atoms with Crippen LogP contribution in [0.4, 0.5) is 0 Å². The molecule has 1 saturated carbocycles. The van der Waals surface area contributed by atoms with Gasteiger partial charge in [-0.1, -0.05) is 24.6 Å². The molecule has 118 valence electrons. The van der Waals surface area contributed by atoms with Crippen LogP contribution in [0.2, 0.25) is 0 Å². The van der Waals surface area contributed by atoms with E-state index in [0.717, 1.165) is 16.7 Å². The molecule has 0 atom stereocenters. The van der Waals surface area contributed by atoms with Crippen LogP contribution < -0.4 is 0 Å². The molecule has 0 aromatic heterocycles. The van der Waals surface area contributed by atoms with Gasteiger partial charge in [0.1, 0.15) is 5.92 Å². The highest BCUT2D eigenvalue weighted by atomic mass is 16.2. The van der Waals surface area contributed by atoms with E-state index in [1.165, 1.54) is 5.56 Å². The maximum absolute atomic E-state index is 12.4. The molecule has 1 aromatic rings. The molecule has 1 fully saturated rings. The van der Waals surface area contributed by atoms with Crippen LogP contribution in [0, 0.1) is 26.7 Å². The minimum absolute atomic E-state index is 0.0775.